The molecule has 0 amide bonds. The highest BCUT2D eigenvalue weighted by Gasteiger charge is 2.45. The Morgan fingerprint density at radius 2 is 2.23 bits per heavy atom. The molecule has 1 atom stereocenters. The first-order valence-electron chi connectivity index (χ1n) is 6.92. The number of carboxylic acid groups (broad SMARTS) is 1. The Balaban J connectivity index is 1.80. The number of aromatic amines is 1. The number of aromatic nitrogens is 1. The molecule has 0 spiro atoms. The van der Waals surface area contributed by atoms with Gasteiger partial charge in [0.15, 0.2) is 0 Å². The van der Waals surface area contributed by atoms with Crippen LogP contribution in [0.25, 0.3) is 10.9 Å². The van der Waals surface area contributed by atoms with E-state index in [9.17, 15) is 18.7 Å². The van der Waals surface area contributed by atoms with Crippen LogP contribution in [0, 0.1) is 11.2 Å². The maximum Gasteiger partial charge on any atom is 0.313 e. The molecular formula is C15H15BrF2N2O2. The van der Waals surface area contributed by atoms with E-state index in [-0.39, 0.29) is 12.4 Å². The van der Waals surface area contributed by atoms with Crippen molar-refractivity contribution in [3.05, 3.63) is 34.2 Å². The first-order chi connectivity index (χ1) is 10.4. The summed E-state index contributed by atoms with van der Waals surface area (Å²) < 4.78 is 27.2. The second-order valence-corrected chi connectivity index (χ2v) is 6.68. The largest absolute Gasteiger partial charge is 0.481 e. The molecule has 1 fully saturated rings. The molecule has 1 aromatic carbocycles. The number of hydrogen-bond acceptors (Lipinski definition) is 2. The lowest BCUT2D eigenvalue weighted by molar-refractivity contribution is -0.149. The summed E-state index contributed by atoms with van der Waals surface area (Å²) in [5.41, 5.74) is 0.232. The summed E-state index contributed by atoms with van der Waals surface area (Å²) in [6, 6.07) is 4.71. The Morgan fingerprint density at radius 1 is 1.45 bits per heavy atom. The lowest BCUT2D eigenvalue weighted by atomic mass is 9.89. The summed E-state index contributed by atoms with van der Waals surface area (Å²) in [5.74, 6) is -1.42. The van der Waals surface area contributed by atoms with Gasteiger partial charge in [-0.25, -0.2) is 8.78 Å². The number of hydrogen-bond donors (Lipinski definition) is 2. The number of nitrogens with zero attached hydrogens (tertiary/aromatic N) is 1. The summed E-state index contributed by atoms with van der Waals surface area (Å²) in [6.45, 7) is 0.338. The fraction of sp³-hybridized carbons (Fsp3) is 0.400. The molecule has 1 aliphatic heterocycles. The summed E-state index contributed by atoms with van der Waals surface area (Å²) in [4.78, 5) is 16.3. The van der Waals surface area contributed by atoms with Gasteiger partial charge in [0.25, 0.3) is 0 Å². The van der Waals surface area contributed by atoms with E-state index in [1.807, 2.05) is 11.0 Å². The molecule has 2 heterocycles. The third-order valence-corrected chi connectivity index (χ3v) is 4.90. The van der Waals surface area contributed by atoms with Crippen molar-refractivity contribution < 1.29 is 18.7 Å². The first-order valence-corrected chi connectivity index (χ1v) is 7.71. The monoisotopic (exact) mass is 372 g/mol. The molecule has 22 heavy (non-hydrogen) atoms. The number of carbonyl (C=O) groups is 1. The topological polar surface area (TPSA) is 56.3 Å². The Labute approximate surface area is 134 Å². The van der Waals surface area contributed by atoms with Gasteiger partial charge in [-0.2, -0.15) is 0 Å². The van der Waals surface area contributed by atoms with E-state index in [1.54, 1.807) is 0 Å². The Morgan fingerprint density at radius 3 is 2.86 bits per heavy atom. The highest BCUT2D eigenvalue weighted by Crippen LogP contribution is 2.33. The maximum absolute atomic E-state index is 13.4. The minimum atomic E-state index is -1.29. The molecule has 0 saturated carbocycles. The van der Waals surface area contributed by atoms with Crippen LogP contribution in [0.15, 0.2) is 22.7 Å². The lowest BCUT2D eigenvalue weighted by Gasteiger charge is -2.21. The van der Waals surface area contributed by atoms with Gasteiger partial charge in [-0.1, -0.05) is 0 Å². The predicted octanol–water partition coefficient (Wildman–Crippen LogP) is 3.32. The van der Waals surface area contributed by atoms with Gasteiger partial charge < -0.3 is 10.1 Å². The summed E-state index contributed by atoms with van der Waals surface area (Å²) >= 11 is 3.32. The molecule has 3 rings (SSSR count). The normalized spacial score (nSPS) is 22.5. The molecule has 7 heteroatoms. The minimum absolute atomic E-state index is 0.184. The lowest BCUT2D eigenvalue weighted by Crippen LogP contribution is -2.36. The van der Waals surface area contributed by atoms with Crippen molar-refractivity contribution >= 4 is 32.8 Å². The zero-order chi connectivity index (χ0) is 15.9. The van der Waals surface area contributed by atoms with E-state index in [4.69, 9.17) is 0 Å². The van der Waals surface area contributed by atoms with Crippen LogP contribution in [0.5, 0.6) is 0 Å². The molecule has 1 aromatic heterocycles. The van der Waals surface area contributed by atoms with Crippen LogP contribution in [-0.4, -0.2) is 40.7 Å². The molecule has 1 unspecified atom stereocenters. The van der Waals surface area contributed by atoms with E-state index < -0.39 is 18.1 Å². The molecular weight excluding hydrogens is 358 g/mol. The van der Waals surface area contributed by atoms with Gasteiger partial charge in [-0.05, 0) is 47.1 Å². The third-order valence-electron chi connectivity index (χ3n) is 4.24. The molecule has 118 valence electrons. The van der Waals surface area contributed by atoms with Crippen LogP contribution in [0.2, 0.25) is 0 Å². The van der Waals surface area contributed by atoms with Gasteiger partial charge in [0.2, 0.25) is 0 Å². The van der Waals surface area contributed by atoms with Crippen LogP contribution in [-0.2, 0) is 11.3 Å². The van der Waals surface area contributed by atoms with Crippen molar-refractivity contribution in [3.8, 4) is 0 Å². The molecule has 2 aromatic rings. The molecule has 2 N–H and O–H groups in total. The quantitative estimate of drug-likeness (QED) is 0.865. The number of fused-ring (bicyclic) bond motifs is 1. The molecule has 0 bridgehead atoms. The zero-order valence-electron chi connectivity index (χ0n) is 11.7. The second-order valence-electron chi connectivity index (χ2n) is 5.82. The number of benzene rings is 1. The average Bonchev–Trinajstić information content (AvgIpc) is 3.04. The van der Waals surface area contributed by atoms with Crippen molar-refractivity contribution in [2.75, 3.05) is 19.8 Å². The summed E-state index contributed by atoms with van der Waals surface area (Å²) in [5, 5.41) is 10.1. The van der Waals surface area contributed by atoms with Gasteiger partial charge in [0.05, 0.1) is 0 Å². The van der Waals surface area contributed by atoms with Crippen molar-refractivity contribution in [2.45, 2.75) is 13.0 Å². The van der Waals surface area contributed by atoms with Gasteiger partial charge in [-0.15, -0.1) is 0 Å². The standard InChI is InChI=1S/C15H15BrF2N2O2/c16-12-3-9(18)4-13-11(12)5-10(19-13)6-20-2-1-15(7-17,8-20)14(21)22/h3-5,19H,1-2,6-8H2,(H,21,22). The van der Waals surface area contributed by atoms with Gasteiger partial charge in [-0.3, -0.25) is 9.69 Å². The fourth-order valence-corrected chi connectivity index (χ4v) is 3.53. The number of likely N-dealkylation sites (tertiary alicyclic amines) is 1. The van der Waals surface area contributed by atoms with E-state index in [1.165, 1.54) is 12.1 Å². The molecule has 1 aliphatic rings. The Bertz CT molecular complexity index is 734. The van der Waals surface area contributed by atoms with E-state index >= 15 is 0 Å². The molecule has 0 aliphatic carbocycles. The SMILES string of the molecule is O=C(O)C1(CF)CCN(Cc2cc3c(Br)cc(F)cc3[nH]2)C1. The first kappa shape index (κ1) is 15.4. The third kappa shape index (κ3) is 2.63. The van der Waals surface area contributed by atoms with Crippen molar-refractivity contribution in [1.29, 1.82) is 0 Å². The highest BCUT2D eigenvalue weighted by molar-refractivity contribution is 9.10. The van der Waals surface area contributed by atoms with Crippen LogP contribution in [0.4, 0.5) is 8.78 Å². The summed E-state index contributed by atoms with van der Waals surface area (Å²) in [6.07, 6.45) is 0.303. The van der Waals surface area contributed by atoms with E-state index in [0.29, 0.717) is 29.5 Å². The number of H-pyrrole nitrogens is 1. The highest BCUT2D eigenvalue weighted by atomic mass is 79.9. The molecule has 1 saturated heterocycles. The van der Waals surface area contributed by atoms with E-state index in [0.717, 1.165) is 11.1 Å². The predicted molar refractivity (Wildman–Crippen MR) is 81.9 cm³/mol. The Hall–Kier alpha value is -1.47. The number of aliphatic carboxylic acids is 1. The smallest absolute Gasteiger partial charge is 0.313 e. The minimum Gasteiger partial charge on any atom is -0.481 e. The zero-order valence-corrected chi connectivity index (χ0v) is 13.3. The number of alkyl halides is 1. The number of halogens is 3. The van der Waals surface area contributed by atoms with Crippen LogP contribution < -0.4 is 0 Å². The molecule has 0 radical (unpaired) electrons. The number of rotatable bonds is 4. The second kappa shape index (κ2) is 5.62. The van der Waals surface area contributed by atoms with Gasteiger partial charge >= 0.3 is 5.97 Å². The fourth-order valence-electron chi connectivity index (χ4n) is 2.98. The van der Waals surface area contributed by atoms with Gasteiger partial charge in [0.1, 0.15) is 17.9 Å². The van der Waals surface area contributed by atoms with Gasteiger partial charge in [0, 0.05) is 34.2 Å². The van der Waals surface area contributed by atoms with E-state index in [2.05, 4.69) is 20.9 Å². The van der Waals surface area contributed by atoms with Crippen molar-refractivity contribution in [2.24, 2.45) is 5.41 Å². The molecule has 4 nitrogen and oxygen atoms in total. The summed E-state index contributed by atoms with van der Waals surface area (Å²) in [7, 11) is 0. The van der Waals surface area contributed by atoms with Crippen LogP contribution >= 0.6 is 15.9 Å². The van der Waals surface area contributed by atoms with Crippen LogP contribution in [0.3, 0.4) is 0 Å². The Kier molecular flexibility index (Phi) is 3.94. The average molecular weight is 373 g/mol. The number of carboxylic acids is 1. The number of nitrogens with one attached hydrogen (secondary N) is 1. The maximum atomic E-state index is 13.4. The van der Waals surface area contributed by atoms with Crippen LogP contribution in [0.1, 0.15) is 12.1 Å². The van der Waals surface area contributed by atoms with Crippen molar-refractivity contribution in [3.63, 3.8) is 0 Å². The van der Waals surface area contributed by atoms with Crippen molar-refractivity contribution in [1.82, 2.24) is 9.88 Å².